The van der Waals surface area contributed by atoms with Gasteiger partial charge >= 0.3 is 0 Å². The highest BCUT2D eigenvalue weighted by atomic mass is 32.1. The molecule has 0 unspecified atom stereocenters. The van der Waals surface area contributed by atoms with Crippen LogP contribution in [0.2, 0.25) is 0 Å². The van der Waals surface area contributed by atoms with Crippen LogP contribution in [-0.2, 0) is 4.74 Å². The normalized spacial score (nSPS) is 14.3. The molecule has 126 valence electrons. The van der Waals surface area contributed by atoms with E-state index in [1.807, 2.05) is 16.3 Å². The van der Waals surface area contributed by atoms with Gasteiger partial charge in [-0.3, -0.25) is 4.79 Å². The SMILES string of the molecule is O=c1cc(N2CCOCC2)oc2c(C#Cc3cccc(O)c3)csc12. The van der Waals surface area contributed by atoms with E-state index in [0.717, 1.165) is 0 Å². The summed E-state index contributed by atoms with van der Waals surface area (Å²) in [5, 5.41) is 11.3. The summed E-state index contributed by atoms with van der Waals surface area (Å²) < 4.78 is 11.9. The molecule has 6 heteroatoms. The molecule has 0 bridgehead atoms. The molecule has 3 aromatic rings. The second-order valence-electron chi connectivity index (χ2n) is 5.66. The molecule has 1 fully saturated rings. The maximum atomic E-state index is 12.4. The molecule has 1 N–H and O–H groups in total. The van der Waals surface area contributed by atoms with Gasteiger partial charge in [-0.05, 0) is 18.2 Å². The number of aromatic hydroxyl groups is 1. The first-order valence-corrected chi connectivity index (χ1v) is 8.78. The minimum atomic E-state index is -0.0573. The number of ether oxygens (including phenoxy) is 1. The summed E-state index contributed by atoms with van der Waals surface area (Å²) in [6.45, 7) is 2.64. The zero-order valence-corrected chi connectivity index (χ0v) is 14.1. The van der Waals surface area contributed by atoms with Gasteiger partial charge in [0, 0.05) is 30.1 Å². The zero-order chi connectivity index (χ0) is 17.2. The summed E-state index contributed by atoms with van der Waals surface area (Å²) in [4.78, 5) is 14.4. The molecular formula is C19H15NO4S. The van der Waals surface area contributed by atoms with Crippen LogP contribution in [0.3, 0.4) is 0 Å². The lowest BCUT2D eigenvalue weighted by atomic mass is 10.2. The van der Waals surface area contributed by atoms with E-state index in [-0.39, 0.29) is 11.2 Å². The number of hydrogen-bond acceptors (Lipinski definition) is 6. The van der Waals surface area contributed by atoms with Gasteiger partial charge in [-0.25, -0.2) is 0 Å². The lowest BCUT2D eigenvalue weighted by molar-refractivity contribution is 0.121. The number of nitrogens with zero attached hydrogens (tertiary/aromatic N) is 1. The third kappa shape index (κ3) is 3.25. The average molecular weight is 353 g/mol. The number of anilines is 1. The Morgan fingerprint density at radius 3 is 2.80 bits per heavy atom. The quantitative estimate of drug-likeness (QED) is 0.682. The summed E-state index contributed by atoms with van der Waals surface area (Å²) in [7, 11) is 0. The fraction of sp³-hybridized carbons (Fsp3) is 0.211. The van der Waals surface area contributed by atoms with Gasteiger partial charge in [0.25, 0.3) is 0 Å². The molecule has 1 saturated heterocycles. The fourth-order valence-corrected chi connectivity index (χ4v) is 3.51. The fourth-order valence-electron chi connectivity index (χ4n) is 2.68. The van der Waals surface area contributed by atoms with Crippen LogP contribution in [0.5, 0.6) is 5.75 Å². The number of phenolic OH excluding ortho intramolecular Hbond substituents is 1. The standard InChI is InChI=1S/C19H15NO4S/c21-15-3-1-2-13(10-15)4-5-14-12-25-19-16(22)11-17(24-18(14)19)20-6-8-23-9-7-20/h1-3,10-12,21H,6-9H2. The Labute approximate surface area is 148 Å². The molecule has 25 heavy (non-hydrogen) atoms. The molecule has 0 amide bonds. The average Bonchev–Trinajstić information content (AvgIpc) is 3.04. The van der Waals surface area contributed by atoms with E-state index in [4.69, 9.17) is 9.15 Å². The van der Waals surface area contributed by atoms with E-state index < -0.39 is 0 Å². The van der Waals surface area contributed by atoms with Crippen molar-refractivity contribution in [1.82, 2.24) is 0 Å². The van der Waals surface area contributed by atoms with Crippen molar-refractivity contribution in [3.63, 3.8) is 0 Å². The van der Waals surface area contributed by atoms with Crippen molar-refractivity contribution in [3.8, 4) is 17.6 Å². The van der Waals surface area contributed by atoms with Crippen molar-refractivity contribution in [2.24, 2.45) is 0 Å². The molecule has 0 radical (unpaired) electrons. The summed E-state index contributed by atoms with van der Waals surface area (Å²) in [5.74, 6) is 6.77. The summed E-state index contributed by atoms with van der Waals surface area (Å²) >= 11 is 1.33. The van der Waals surface area contributed by atoms with E-state index in [0.29, 0.717) is 53.6 Å². The largest absolute Gasteiger partial charge is 0.508 e. The van der Waals surface area contributed by atoms with Crippen LogP contribution < -0.4 is 10.3 Å². The predicted molar refractivity (Wildman–Crippen MR) is 97.5 cm³/mol. The first kappa shape index (κ1) is 15.8. The van der Waals surface area contributed by atoms with Gasteiger partial charge in [0.2, 0.25) is 5.43 Å². The second-order valence-corrected chi connectivity index (χ2v) is 6.54. The maximum Gasteiger partial charge on any atom is 0.204 e. The molecule has 0 atom stereocenters. The van der Waals surface area contributed by atoms with Crippen LogP contribution in [0.25, 0.3) is 10.3 Å². The van der Waals surface area contributed by atoms with Crippen molar-refractivity contribution in [2.75, 3.05) is 31.2 Å². The number of rotatable bonds is 1. The lowest BCUT2D eigenvalue weighted by Gasteiger charge is -2.26. The zero-order valence-electron chi connectivity index (χ0n) is 13.3. The highest BCUT2D eigenvalue weighted by molar-refractivity contribution is 7.17. The molecule has 2 aromatic heterocycles. The third-order valence-electron chi connectivity index (χ3n) is 3.94. The Bertz CT molecular complexity index is 1030. The smallest absolute Gasteiger partial charge is 0.204 e. The summed E-state index contributed by atoms with van der Waals surface area (Å²) in [6, 6.07) is 8.28. The lowest BCUT2D eigenvalue weighted by Crippen LogP contribution is -2.36. The Balaban J connectivity index is 1.75. The summed E-state index contributed by atoms with van der Waals surface area (Å²) in [5.41, 5.74) is 1.84. The van der Waals surface area contributed by atoms with Gasteiger partial charge in [-0.2, -0.15) is 0 Å². The third-order valence-corrected chi connectivity index (χ3v) is 4.92. The van der Waals surface area contributed by atoms with Crippen LogP contribution in [0.1, 0.15) is 11.1 Å². The van der Waals surface area contributed by atoms with Crippen LogP contribution in [0, 0.1) is 11.8 Å². The van der Waals surface area contributed by atoms with E-state index in [2.05, 4.69) is 11.8 Å². The van der Waals surface area contributed by atoms with Crippen molar-refractivity contribution in [1.29, 1.82) is 0 Å². The van der Waals surface area contributed by atoms with E-state index in [1.54, 1.807) is 18.2 Å². The van der Waals surface area contributed by atoms with Gasteiger partial charge in [0.1, 0.15) is 10.4 Å². The minimum Gasteiger partial charge on any atom is -0.508 e. The van der Waals surface area contributed by atoms with Gasteiger partial charge in [-0.15, -0.1) is 11.3 Å². The highest BCUT2D eigenvalue weighted by Crippen LogP contribution is 2.27. The number of fused-ring (bicyclic) bond motifs is 1. The molecule has 0 saturated carbocycles. The van der Waals surface area contributed by atoms with E-state index in [9.17, 15) is 9.90 Å². The van der Waals surface area contributed by atoms with Crippen LogP contribution in [0.15, 0.2) is 44.9 Å². The Kier molecular flexibility index (Phi) is 4.18. The van der Waals surface area contributed by atoms with Gasteiger partial charge < -0.3 is 19.2 Å². The summed E-state index contributed by atoms with van der Waals surface area (Å²) in [6.07, 6.45) is 0. The maximum absolute atomic E-state index is 12.4. The van der Waals surface area contributed by atoms with Gasteiger partial charge in [0.15, 0.2) is 11.5 Å². The number of morpholine rings is 1. The minimum absolute atomic E-state index is 0.0573. The molecule has 0 spiro atoms. The van der Waals surface area contributed by atoms with Crippen molar-refractivity contribution >= 4 is 27.5 Å². The molecule has 1 aliphatic heterocycles. The Hall–Kier alpha value is -2.75. The monoisotopic (exact) mass is 353 g/mol. The highest BCUT2D eigenvalue weighted by Gasteiger charge is 2.17. The van der Waals surface area contributed by atoms with Gasteiger partial charge in [-0.1, -0.05) is 17.9 Å². The van der Waals surface area contributed by atoms with Crippen LogP contribution in [-0.4, -0.2) is 31.4 Å². The molecule has 1 aromatic carbocycles. The molecule has 3 heterocycles. The first-order chi connectivity index (χ1) is 12.2. The van der Waals surface area contributed by atoms with E-state index in [1.165, 1.54) is 17.4 Å². The Morgan fingerprint density at radius 1 is 1.16 bits per heavy atom. The molecule has 5 nitrogen and oxygen atoms in total. The van der Waals surface area contributed by atoms with Crippen LogP contribution in [0.4, 0.5) is 5.88 Å². The van der Waals surface area contributed by atoms with Crippen molar-refractivity contribution in [2.45, 2.75) is 0 Å². The molecule has 0 aliphatic carbocycles. The van der Waals surface area contributed by atoms with Crippen LogP contribution >= 0.6 is 11.3 Å². The number of hydrogen-bond donors (Lipinski definition) is 1. The Morgan fingerprint density at radius 2 is 2.00 bits per heavy atom. The van der Waals surface area contributed by atoms with Crippen molar-refractivity contribution < 1.29 is 14.3 Å². The second kappa shape index (κ2) is 6.63. The van der Waals surface area contributed by atoms with E-state index >= 15 is 0 Å². The molecule has 4 rings (SSSR count). The van der Waals surface area contributed by atoms with Gasteiger partial charge in [0.05, 0.1) is 18.8 Å². The molecular weight excluding hydrogens is 338 g/mol. The number of phenols is 1. The van der Waals surface area contributed by atoms with Crippen molar-refractivity contribution in [3.05, 3.63) is 57.1 Å². The first-order valence-electron chi connectivity index (χ1n) is 7.90. The predicted octanol–water partition coefficient (Wildman–Crippen LogP) is 2.80. The number of benzene rings is 1. The number of thiophene rings is 1. The topological polar surface area (TPSA) is 62.9 Å². The molecule has 1 aliphatic rings.